The molecule has 0 radical (unpaired) electrons. The average molecular weight is 288 g/mol. The fourth-order valence-electron chi connectivity index (χ4n) is 1.66. The maximum atomic E-state index is 9.85. The molecule has 0 saturated carbocycles. The van der Waals surface area contributed by atoms with Gasteiger partial charge in [0.15, 0.2) is 0 Å². The van der Waals surface area contributed by atoms with E-state index < -0.39 is 0 Å². The molecule has 0 aromatic heterocycles. The lowest BCUT2D eigenvalue weighted by molar-refractivity contribution is 0.189. The minimum Gasteiger partial charge on any atom is -0.506 e. The Morgan fingerprint density at radius 1 is 1.31 bits per heavy atom. The number of halogens is 1. The maximum absolute atomic E-state index is 9.85. The quantitative estimate of drug-likeness (QED) is 0.844. The second-order valence-electron chi connectivity index (χ2n) is 3.75. The number of phenols is 1. The van der Waals surface area contributed by atoms with Crippen LogP contribution in [0, 0.1) is 0 Å². The Kier molecular flexibility index (Phi) is 5.80. The van der Waals surface area contributed by atoms with Gasteiger partial charge < -0.3 is 10.2 Å². The van der Waals surface area contributed by atoms with Crippen molar-refractivity contribution in [3.8, 4) is 5.75 Å². The number of phenolic OH excluding ortho intramolecular Hbond substituents is 1. The number of para-hydroxylation sites is 1. The molecule has 0 aliphatic rings. The highest BCUT2D eigenvalue weighted by molar-refractivity contribution is 9.10. The number of hydrogen-bond acceptors (Lipinski definition) is 3. The van der Waals surface area contributed by atoms with Gasteiger partial charge in [-0.25, -0.2) is 0 Å². The minimum atomic E-state index is 0.148. The normalized spacial score (nSPS) is 11.0. The molecule has 1 aromatic rings. The van der Waals surface area contributed by atoms with Crippen molar-refractivity contribution in [3.63, 3.8) is 0 Å². The van der Waals surface area contributed by atoms with E-state index in [0.717, 1.165) is 18.5 Å². The van der Waals surface area contributed by atoms with Gasteiger partial charge in [0.1, 0.15) is 5.75 Å². The summed E-state index contributed by atoms with van der Waals surface area (Å²) >= 11 is 3.30. The lowest BCUT2D eigenvalue weighted by Crippen LogP contribution is -2.27. The fraction of sp³-hybridized carbons (Fsp3) is 0.500. The number of nitrogens with zero attached hydrogens (tertiary/aromatic N) is 1. The summed E-state index contributed by atoms with van der Waals surface area (Å²) in [5, 5.41) is 18.8. The summed E-state index contributed by atoms with van der Waals surface area (Å²) in [4.78, 5) is 2.13. The smallest absolute Gasteiger partial charge is 0.134 e. The second-order valence-corrected chi connectivity index (χ2v) is 4.60. The van der Waals surface area contributed by atoms with Crippen LogP contribution in [0.1, 0.15) is 18.9 Å². The van der Waals surface area contributed by atoms with Gasteiger partial charge in [0, 0.05) is 18.7 Å². The molecule has 0 saturated heterocycles. The molecular weight excluding hydrogens is 270 g/mol. The van der Waals surface area contributed by atoms with Gasteiger partial charge in [-0.2, -0.15) is 0 Å². The number of aromatic hydroxyl groups is 1. The van der Waals surface area contributed by atoms with Gasteiger partial charge in [-0.3, -0.25) is 4.90 Å². The fourth-order valence-corrected chi connectivity index (χ4v) is 2.06. The largest absolute Gasteiger partial charge is 0.506 e. The maximum Gasteiger partial charge on any atom is 0.134 e. The molecule has 0 unspecified atom stereocenters. The first-order valence-corrected chi connectivity index (χ1v) is 6.28. The molecule has 4 heteroatoms. The van der Waals surface area contributed by atoms with Crippen LogP contribution in [0.4, 0.5) is 0 Å². The summed E-state index contributed by atoms with van der Waals surface area (Å²) < 4.78 is 0.713. The highest BCUT2D eigenvalue weighted by Gasteiger charge is 2.09. The van der Waals surface area contributed by atoms with Crippen LogP contribution in [0.5, 0.6) is 5.75 Å². The van der Waals surface area contributed by atoms with Crippen molar-refractivity contribution in [2.24, 2.45) is 0 Å². The molecule has 0 atom stereocenters. The predicted octanol–water partition coefficient (Wildman–Crippen LogP) is 2.36. The standard InChI is InChI=1S/C12H18BrNO2/c1-2-6-14(7-8-15)9-10-4-3-5-11(13)12(10)16/h3-5,15-16H,2,6-9H2,1H3. The van der Waals surface area contributed by atoms with E-state index in [4.69, 9.17) is 5.11 Å². The van der Waals surface area contributed by atoms with Crippen molar-refractivity contribution in [1.29, 1.82) is 0 Å². The van der Waals surface area contributed by atoms with Crippen LogP contribution in [0.15, 0.2) is 22.7 Å². The van der Waals surface area contributed by atoms with E-state index in [1.54, 1.807) is 0 Å². The zero-order valence-electron chi connectivity index (χ0n) is 9.49. The monoisotopic (exact) mass is 287 g/mol. The van der Waals surface area contributed by atoms with Crippen LogP contribution < -0.4 is 0 Å². The van der Waals surface area contributed by atoms with E-state index in [1.807, 2.05) is 18.2 Å². The lowest BCUT2D eigenvalue weighted by atomic mass is 10.2. The first-order valence-electron chi connectivity index (χ1n) is 5.48. The van der Waals surface area contributed by atoms with Gasteiger partial charge >= 0.3 is 0 Å². The van der Waals surface area contributed by atoms with E-state index in [9.17, 15) is 5.11 Å². The van der Waals surface area contributed by atoms with Gasteiger partial charge in [0.05, 0.1) is 11.1 Å². The molecule has 1 rings (SSSR count). The van der Waals surface area contributed by atoms with E-state index in [1.165, 1.54) is 0 Å². The summed E-state index contributed by atoms with van der Waals surface area (Å²) in [6.07, 6.45) is 1.04. The minimum absolute atomic E-state index is 0.148. The van der Waals surface area contributed by atoms with Crippen molar-refractivity contribution in [2.45, 2.75) is 19.9 Å². The molecule has 0 bridgehead atoms. The molecule has 0 amide bonds. The Bertz CT molecular complexity index is 325. The van der Waals surface area contributed by atoms with Gasteiger partial charge in [0.25, 0.3) is 0 Å². The Hall–Kier alpha value is -0.580. The van der Waals surface area contributed by atoms with E-state index >= 15 is 0 Å². The molecule has 90 valence electrons. The van der Waals surface area contributed by atoms with E-state index in [2.05, 4.69) is 27.8 Å². The van der Waals surface area contributed by atoms with E-state index in [-0.39, 0.29) is 6.61 Å². The third-order valence-corrected chi connectivity index (χ3v) is 3.06. The number of aliphatic hydroxyl groups is 1. The predicted molar refractivity (Wildman–Crippen MR) is 68.5 cm³/mol. The summed E-state index contributed by atoms with van der Waals surface area (Å²) in [5.74, 6) is 0.293. The summed E-state index contributed by atoms with van der Waals surface area (Å²) in [6, 6.07) is 5.62. The molecule has 0 aliphatic heterocycles. The van der Waals surface area contributed by atoms with Crippen molar-refractivity contribution in [3.05, 3.63) is 28.2 Å². The van der Waals surface area contributed by atoms with Crippen LogP contribution in [-0.4, -0.2) is 34.8 Å². The molecule has 0 fully saturated rings. The molecule has 1 aromatic carbocycles. The average Bonchev–Trinajstić information content (AvgIpc) is 2.25. The molecule has 0 heterocycles. The van der Waals surface area contributed by atoms with Crippen LogP contribution in [-0.2, 0) is 6.54 Å². The van der Waals surface area contributed by atoms with Crippen LogP contribution in [0.25, 0.3) is 0 Å². The molecule has 3 nitrogen and oxygen atoms in total. The lowest BCUT2D eigenvalue weighted by Gasteiger charge is -2.21. The van der Waals surface area contributed by atoms with Crippen molar-refractivity contribution < 1.29 is 10.2 Å². The Morgan fingerprint density at radius 3 is 2.69 bits per heavy atom. The number of aliphatic hydroxyl groups excluding tert-OH is 1. The Labute approximate surface area is 105 Å². The van der Waals surface area contributed by atoms with Gasteiger partial charge in [0.2, 0.25) is 0 Å². The van der Waals surface area contributed by atoms with Gasteiger partial charge in [-0.1, -0.05) is 19.1 Å². The van der Waals surface area contributed by atoms with Crippen molar-refractivity contribution >= 4 is 15.9 Å². The topological polar surface area (TPSA) is 43.7 Å². The van der Waals surface area contributed by atoms with E-state index in [0.29, 0.717) is 23.3 Å². The van der Waals surface area contributed by atoms with Crippen LogP contribution in [0.2, 0.25) is 0 Å². The number of benzene rings is 1. The van der Waals surface area contributed by atoms with Crippen molar-refractivity contribution in [2.75, 3.05) is 19.7 Å². The number of rotatable bonds is 6. The van der Waals surface area contributed by atoms with Crippen LogP contribution in [0.3, 0.4) is 0 Å². The SMILES string of the molecule is CCCN(CCO)Cc1cccc(Br)c1O. The zero-order valence-corrected chi connectivity index (χ0v) is 11.1. The zero-order chi connectivity index (χ0) is 12.0. The summed E-state index contributed by atoms with van der Waals surface area (Å²) in [6.45, 7) is 4.48. The Balaban J connectivity index is 2.72. The molecule has 0 spiro atoms. The highest BCUT2D eigenvalue weighted by Crippen LogP contribution is 2.28. The van der Waals surface area contributed by atoms with Gasteiger partial charge in [-0.05, 0) is 35.0 Å². The first-order chi connectivity index (χ1) is 7.69. The third kappa shape index (κ3) is 3.77. The Morgan fingerprint density at radius 2 is 2.06 bits per heavy atom. The molecule has 0 aliphatic carbocycles. The van der Waals surface area contributed by atoms with Crippen molar-refractivity contribution in [1.82, 2.24) is 4.90 Å². The highest BCUT2D eigenvalue weighted by atomic mass is 79.9. The molecular formula is C12H18BrNO2. The van der Waals surface area contributed by atoms with Gasteiger partial charge in [-0.15, -0.1) is 0 Å². The second kappa shape index (κ2) is 6.89. The first kappa shape index (κ1) is 13.5. The molecule has 2 N–H and O–H groups in total. The summed E-state index contributed by atoms with van der Waals surface area (Å²) in [5.41, 5.74) is 0.885. The third-order valence-electron chi connectivity index (χ3n) is 2.42. The molecule has 16 heavy (non-hydrogen) atoms. The summed E-state index contributed by atoms with van der Waals surface area (Å²) in [7, 11) is 0. The van der Waals surface area contributed by atoms with Crippen LogP contribution >= 0.6 is 15.9 Å². The number of hydrogen-bond donors (Lipinski definition) is 2.